The van der Waals surface area contributed by atoms with Gasteiger partial charge in [0.15, 0.2) is 6.29 Å². The maximum atomic E-state index is 11.2. The van der Waals surface area contributed by atoms with Crippen molar-refractivity contribution in [2.45, 2.75) is 6.92 Å². The normalized spacial score (nSPS) is 10.0. The number of methoxy groups -OCH3 is 1. The van der Waals surface area contributed by atoms with Gasteiger partial charge in [0.2, 0.25) is 5.88 Å². The van der Waals surface area contributed by atoms with E-state index in [1.807, 2.05) is 19.1 Å². The van der Waals surface area contributed by atoms with Gasteiger partial charge < -0.3 is 9.47 Å². The zero-order chi connectivity index (χ0) is 13.7. The molecule has 0 unspecified atom stereocenters. The molecule has 2 aromatic rings. The summed E-state index contributed by atoms with van der Waals surface area (Å²) in [5.41, 5.74) is 2.19. The Bertz CT molecular complexity index is 581. The highest BCUT2D eigenvalue weighted by molar-refractivity contribution is 5.90. The topological polar surface area (TPSA) is 48.4 Å². The molecule has 1 aromatic heterocycles. The first-order valence-corrected chi connectivity index (χ1v) is 6.01. The van der Waals surface area contributed by atoms with Crippen LogP contribution in [0.15, 0.2) is 36.5 Å². The number of rotatable bonds is 5. The van der Waals surface area contributed by atoms with Crippen molar-refractivity contribution < 1.29 is 14.3 Å². The SMILES string of the molecule is CCOc1cccc(C=O)c1-c1ccnc(OC)c1. The Kier molecular flexibility index (Phi) is 4.13. The molecular formula is C15H15NO3. The first kappa shape index (κ1) is 13.1. The van der Waals surface area contributed by atoms with Crippen LogP contribution >= 0.6 is 0 Å². The maximum Gasteiger partial charge on any atom is 0.213 e. The van der Waals surface area contributed by atoms with Crippen molar-refractivity contribution in [1.82, 2.24) is 4.98 Å². The van der Waals surface area contributed by atoms with Crippen molar-refractivity contribution in [3.63, 3.8) is 0 Å². The summed E-state index contributed by atoms with van der Waals surface area (Å²) in [5.74, 6) is 1.18. The van der Waals surface area contributed by atoms with Crippen molar-refractivity contribution in [3.05, 3.63) is 42.1 Å². The summed E-state index contributed by atoms with van der Waals surface area (Å²) in [6.07, 6.45) is 2.47. The molecule has 1 heterocycles. The molecule has 0 bridgehead atoms. The molecule has 0 N–H and O–H groups in total. The van der Waals surface area contributed by atoms with E-state index < -0.39 is 0 Å². The van der Waals surface area contributed by atoms with Gasteiger partial charge in [0.05, 0.1) is 13.7 Å². The summed E-state index contributed by atoms with van der Waals surface area (Å²) in [6.45, 7) is 2.45. The second-order valence-corrected chi connectivity index (χ2v) is 3.86. The minimum Gasteiger partial charge on any atom is -0.493 e. The number of aromatic nitrogens is 1. The zero-order valence-electron chi connectivity index (χ0n) is 10.9. The summed E-state index contributed by atoms with van der Waals surface area (Å²) >= 11 is 0. The van der Waals surface area contributed by atoms with Crippen LogP contribution in [-0.4, -0.2) is 25.0 Å². The predicted octanol–water partition coefficient (Wildman–Crippen LogP) is 2.97. The maximum absolute atomic E-state index is 11.2. The molecule has 0 aliphatic rings. The second kappa shape index (κ2) is 6.00. The minimum atomic E-state index is 0.501. The first-order valence-electron chi connectivity index (χ1n) is 6.01. The van der Waals surface area contributed by atoms with E-state index in [4.69, 9.17) is 9.47 Å². The Hall–Kier alpha value is -2.36. The number of carbonyl (C=O) groups excluding carboxylic acids is 1. The summed E-state index contributed by atoms with van der Waals surface area (Å²) in [5, 5.41) is 0. The number of pyridine rings is 1. The Morgan fingerprint density at radius 1 is 1.32 bits per heavy atom. The fourth-order valence-corrected chi connectivity index (χ4v) is 1.91. The van der Waals surface area contributed by atoms with Crippen LogP contribution in [0.3, 0.4) is 0 Å². The Balaban J connectivity index is 2.60. The lowest BCUT2D eigenvalue weighted by molar-refractivity contribution is 0.112. The van der Waals surface area contributed by atoms with E-state index in [2.05, 4.69) is 4.98 Å². The van der Waals surface area contributed by atoms with E-state index in [0.29, 0.717) is 23.8 Å². The van der Waals surface area contributed by atoms with Gasteiger partial charge in [-0.15, -0.1) is 0 Å². The lowest BCUT2D eigenvalue weighted by atomic mass is 10.00. The summed E-state index contributed by atoms with van der Waals surface area (Å²) in [6, 6.07) is 9.02. The summed E-state index contributed by atoms with van der Waals surface area (Å²) in [4.78, 5) is 15.3. The number of nitrogens with zero attached hydrogens (tertiary/aromatic N) is 1. The molecule has 0 fully saturated rings. The van der Waals surface area contributed by atoms with Crippen LogP contribution in [0.5, 0.6) is 11.6 Å². The molecule has 0 radical (unpaired) electrons. The smallest absolute Gasteiger partial charge is 0.213 e. The van der Waals surface area contributed by atoms with Crippen molar-refractivity contribution in [2.75, 3.05) is 13.7 Å². The van der Waals surface area contributed by atoms with Crippen LogP contribution in [0.25, 0.3) is 11.1 Å². The number of hydrogen-bond donors (Lipinski definition) is 0. The van der Waals surface area contributed by atoms with E-state index in [9.17, 15) is 4.79 Å². The van der Waals surface area contributed by atoms with Crippen LogP contribution in [0.2, 0.25) is 0 Å². The predicted molar refractivity (Wildman–Crippen MR) is 72.8 cm³/mol. The Morgan fingerprint density at radius 2 is 2.16 bits per heavy atom. The average molecular weight is 257 g/mol. The first-order chi connectivity index (χ1) is 9.30. The van der Waals surface area contributed by atoms with Crippen LogP contribution in [0.1, 0.15) is 17.3 Å². The van der Waals surface area contributed by atoms with Gasteiger partial charge in [-0.2, -0.15) is 0 Å². The van der Waals surface area contributed by atoms with Gasteiger partial charge in [0, 0.05) is 23.4 Å². The molecule has 0 spiro atoms. The standard InChI is InChI=1S/C15H15NO3/c1-3-19-13-6-4-5-12(10-17)15(13)11-7-8-16-14(9-11)18-2/h4-10H,3H2,1-2H3. The van der Waals surface area contributed by atoms with Crippen molar-refractivity contribution in [1.29, 1.82) is 0 Å². The third kappa shape index (κ3) is 2.73. The van der Waals surface area contributed by atoms with Crippen molar-refractivity contribution >= 4 is 6.29 Å². The molecule has 0 saturated carbocycles. The number of carbonyl (C=O) groups is 1. The van der Waals surface area contributed by atoms with E-state index >= 15 is 0 Å². The quantitative estimate of drug-likeness (QED) is 0.773. The highest BCUT2D eigenvalue weighted by atomic mass is 16.5. The molecule has 0 atom stereocenters. The Labute approximate surface area is 112 Å². The van der Waals surface area contributed by atoms with Crippen LogP contribution in [-0.2, 0) is 0 Å². The van der Waals surface area contributed by atoms with Gasteiger partial charge in [0.25, 0.3) is 0 Å². The van der Waals surface area contributed by atoms with E-state index in [1.165, 1.54) is 0 Å². The number of benzene rings is 1. The molecular weight excluding hydrogens is 242 g/mol. The molecule has 0 aliphatic carbocycles. The molecule has 0 saturated heterocycles. The largest absolute Gasteiger partial charge is 0.493 e. The van der Waals surface area contributed by atoms with Crippen LogP contribution in [0, 0.1) is 0 Å². The Morgan fingerprint density at radius 3 is 2.84 bits per heavy atom. The monoisotopic (exact) mass is 257 g/mol. The van der Waals surface area contributed by atoms with Crippen LogP contribution in [0.4, 0.5) is 0 Å². The number of hydrogen-bond acceptors (Lipinski definition) is 4. The molecule has 4 heteroatoms. The molecule has 98 valence electrons. The van der Waals surface area contributed by atoms with E-state index in [-0.39, 0.29) is 0 Å². The lowest BCUT2D eigenvalue weighted by Crippen LogP contribution is -1.98. The van der Waals surface area contributed by atoms with Gasteiger partial charge in [-0.05, 0) is 24.6 Å². The third-order valence-corrected chi connectivity index (χ3v) is 2.72. The lowest BCUT2D eigenvalue weighted by Gasteiger charge is -2.12. The van der Waals surface area contributed by atoms with Crippen LogP contribution < -0.4 is 9.47 Å². The fourth-order valence-electron chi connectivity index (χ4n) is 1.91. The molecule has 0 aliphatic heterocycles. The summed E-state index contributed by atoms with van der Waals surface area (Å²) < 4.78 is 10.7. The molecule has 1 aromatic carbocycles. The highest BCUT2D eigenvalue weighted by Crippen LogP contribution is 2.33. The molecule has 19 heavy (non-hydrogen) atoms. The second-order valence-electron chi connectivity index (χ2n) is 3.86. The number of ether oxygens (including phenoxy) is 2. The minimum absolute atomic E-state index is 0.501. The molecule has 0 amide bonds. The molecule has 2 rings (SSSR count). The summed E-state index contributed by atoms with van der Waals surface area (Å²) in [7, 11) is 1.56. The molecule has 4 nitrogen and oxygen atoms in total. The van der Waals surface area contributed by atoms with Gasteiger partial charge in [-0.3, -0.25) is 4.79 Å². The van der Waals surface area contributed by atoms with Crippen molar-refractivity contribution in [3.8, 4) is 22.8 Å². The van der Waals surface area contributed by atoms with Gasteiger partial charge in [0.1, 0.15) is 5.75 Å². The highest BCUT2D eigenvalue weighted by Gasteiger charge is 2.12. The third-order valence-electron chi connectivity index (χ3n) is 2.72. The van der Waals surface area contributed by atoms with E-state index in [1.54, 1.807) is 31.5 Å². The van der Waals surface area contributed by atoms with Gasteiger partial charge >= 0.3 is 0 Å². The zero-order valence-corrected chi connectivity index (χ0v) is 10.9. The van der Waals surface area contributed by atoms with Gasteiger partial charge in [-0.1, -0.05) is 12.1 Å². The van der Waals surface area contributed by atoms with E-state index in [0.717, 1.165) is 17.4 Å². The average Bonchev–Trinajstić information content (AvgIpc) is 2.47. The van der Waals surface area contributed by atoms with Gasteiger partial charge in [-0.25, -0.2) is 4.98 Å². The fraction of sp³-hybridized carbons (Fsp3) is 0.200. The number of aldehydes is 1. The van der Waals surface area contributed by atoms with Crippen molar-refractivity contribution in [2.24, 2.45) is 0 Å².